The second kappa shape index (κ2) is 4.87. The largest absolute Gasteiger partial charge is 0.372 e. The van der Waals surface area contributed by atoms with Gasteiger partial charge in [-0.05, 0) is 13.8 Å². The Morgan fingerprint density at radius 3 is 1.80 bits per heavy atom. The molecule has 4 nitrogen and oxygen atoms in total. The Balaban J connectivity index is 0.000000236. The van der Waals surface area contributed by atoms with Gasteiger partial charge >= 0.3 is 0 Å². The number of aromatic nitrogens is 2. The van der Waals surface area contributed by atoms with Crippen LogP contribution in [0.15, 0.2) is 0 Å². The molecule has 0 saturated heterocycles. The highest BCUT2D eigenvalue weighted by Gasteiger charge is 1.91. The number of carbonyl (C=O) groups is 1. The van der Waals surface area contributed by atoms with Gasteiger partial charge in [0.05, 0.1) is 23.1 Å². The van der Waals surface area contributed by atoms with E-state index in [9.17, 15) is 0 Å². The van der Waals surface area contributed by atoms with Gasteiger partial charge in [0, 0.05) is 0 Å². The minimum absolute atomic E-state index is 0.250. The Bertz CT molecular complexity index is 182. The van der Waals surface area contributed by atoms with Gasteiger partial charge in [0.2, 0.25) is 6.41 Å². The molecule has 1 heterocycles. The Labute approximate surface area is 63.4 Å². The van der Waals surface area contributed by atoms with Gasteiger partial charge in [0.15, 0.2) is 0 Å². The van der Waals surface area contributed by atoms with Gasteiger partial charge in [-0.25, -0.2) is 0 Å². The molecule has 0 aliphatic heterocycles. The summed E-state index contributed by atoms with van der Waals surface area (Å²) in [5.74, 6) is 0. The molecule has 5 heteroatoms. The van der Waals surface area contributed by atoms with Gasteiger partial charge in [-0.2, -0.15) is 8.75 Å². The highest BCUT2D eigenvalue weighted by molar-refractivity contribution is 6.99. The van der Waals surface area contributed by atoms with Crippen LogP contribution in [0.5, 0.6) is 0 Å². The number of primary amides is 1. The van der Waals surface area contributed by atoms with Gasteiger partial charge in [0.1, 0.15) is 0 Å². The van der Waals surface area contributed by atoms with E-state index in [0.717, 1.165) is 11.4 Å². The summed E-state index contributed by atoms with van der Waals surface area (Å²) in [6.07, 6.45) is 0.250. The number of rotatable bonds is 0. The molecule has 0 atom stereocenters. The number of nitrogens with two attached hydrogens (primary N) is 1. The molecule has 1 rings (SSSR count). The maximum atomic E-state index is 8.58. The lowest BCUT2D eigenvalue weighted by atomic mass is 10.4. The molecule has 0 spiro atoms. The summed E-state index contributed by atoms with van der Waals surface area (Å²) in [7, 11) is 0. The lowest BCUT2D eigenvalue weighted by molar-refractivity contribution is -0.106. The van der Waals surface area contributed by atoms with Crippen LogP contribution in [0.2, 0.25) is 0 Å². The monoisotopic (exact) mass is 159 g/mol. The average Bonchev–Trinajstić information content (AvgIpc) is 2.19. The standard InChI is InChI=1S/C4H6N2S.CH3NO/c1-3-4(2)6-7-5-3;2-1-3/h1-2H3;1H,(H2,2,3). The lowest BCUT2D eigenvalue weighted by Gasteiger charge is -1.75. The number of nitrogens with zero attached hydrogens (tertiary/aromatic N) is 2. The lowest BCUT2D eigenvalue weighted by Crippen LogP contribution is -1.82. The van der Waals surface area contributed by atoms with Gasteiger partial charge in [-0.1, -0.05) is 0 Å². The number of hydrogen-bond acceptors (Lipinski definition) is 4. The van der Waals surface area contributed by atoms with E-state index < -0.39 is 0 Å². The van der Waals surface area contributed by atoms with Crippen molar-refractivity contribution in [3.63, 3.8) is 0 Å². The quantitative estimate of drug-likeness (QED) is 0.552. The molecule has 0 saturated carbocycles. The maximum Gasteiger partial charge on any atom is 0.204 e. The second-order valence-electron chi connectivity index (χ2n) is 1.57. The average molecular weight is 159 g/mol. The van der Waals surface area contributed by atoms with Crippen LogP contribution in [-0.4, -0.2) is 15.2 Å². The summed E-state index contributed by atoms with van der Waals surface area (Å²) in [5, 5.41) is 0. The van der Waals surface area contributed by atoms with Crippen molar-refractivity contribution in [2.75, 3.05) is 0 Å². The minimum Gasteiger partial charge on any atom is -0.372 e. The zero-order chi connectivity index (χ0) is 7.98. The summed E-state index contributed by atoms with van der Waals surface area (Å²) in [6, 6.07) is 0. The summed E-state index contributed by atoms with van der Waals surface area (Å²) in [4.78, 5) is 8.58. The summed E-state index contributed by atoms with van der Waals surface area (Å²) in [5.41, 5.74) is 6.26. The van der Waals surface area contributed by atoms with Crippen molar-refractivity contribution >= 4 is 18.1 Å². The fraction of sp³-hybridized carbons (Fsp3) is 0.400. The fourth-order valence-electron chi connectivity index (χ4n) is 0.275. The molecule has 0 fully saturated rings. The Morgan fingerprint density at radius 1 is 1.40 bits per heavy atom. The smallest absolute Gasteiger partial charge is 0.204 e. The van der Waals surface area contributed by atoms with Crippen LogP contribution in [0.1, 0.15) is 11.4 Å². The molecule has 0 aliphatic rings. The summed E-state index contributed by atoms with van der Waals surface area (Å²) < 4.78 is 7.89. The van der Waals surface area contributed by atoms with E-state index >= 15 is 0 Å². The Hall–Kier alpha value is -0.970. The predicted octanol–water partition coefficient (Wildman–Crippen LogP) is 0.256. The molecule has 1 amide bonds. The maximum absolute atomic E-state index is 8.58. The molecule has 0 bridgehead atoms. The number of hydrogen-bond donors (Lipinski definition) is 1. The summed E-state index contributed by atoms with van der Waals surface area (Å²) in [6.45, 7) is 3.91. The number of carbonyl (C=O) groups excluding carboxylic acids is 1. The van der Waals surface area contributed by atoms with E-state index in [1.165, 1.54) is 11.7 Å². The molecule has 2 N–H and O–H groups in total. The Kier molecular flexibility index (Phi) is 4.39. The number of aryl methyl sites for hydroxylation is 2. The molecule has 0 aliphatic carbocycles. The van der Waals surface area contributed by atoms with Crippen LogP contribution in [0.25, 0.3) is 0 Å². The van der Waals surface area contributed by atoms with Crippen molar-refractivity contribution in [2.45, 2.75) is 13.8 Å². The molecule has 10 heavy (non-hydrogen) atoms. The van der Waals surface area contributed by atoms with E-state index in [1.807, 2.05) is 13.8 Å². The third kappa shape index (κ3) is 3.13. The van der Waals surface area contributed by atoms with E-state index in [0.29, 0.717) is 0 Å². The molecule has 1 aromatic rings. The third-order valence-corrected chi connectivity index (χ3v) is 1.59. The number of amides is 1. The Morgan fingerprint density at radius 2 is 1.70 bits per heavy atom. The summed E-state index contributed by atoms with van der Waals surface area (Å²) >= 11 is 1.27. The molecule has 56 valence electrons. The zero-order valence-electron chi connectivity index (χ0n) is 5.87. The van der Waals surface area contributed by atoms with Crippen molar-refractivity contribution < 1.29 is 4.79 Å². The van der Waals surface area contributed by atoms with Crippen LogP contribution in [0.3, 0.4) is 0 Å². The van der Waals surface area contributed by atoms with Crippen LogP contribution in [0.4, 0.5) is 0 Å². The van der Waals surface area contributed by atoms with E-state index in [1.54, 1.807) is 0 Å². The van der Waals surface area contributed by atoms with Crippen molar-refractivity contribution in [1.82, 2.24) is 8.75 Å². The van der Waals surface area contributed by atoms with Crippen LogP contribution in [-0.2, 0) is 4.79 Å². The van der Waals surface area contributed by atoms with Crippen LogP contribution < -0.4 is 5.73 Å². The highest BCUT2D eigenvalue weighted by Crippen LogP contribution is 1.99. The van der Waals surface area contributed by atoms with Crippen molar-refractivity contribution in [2.24, 2.45) is 5.73 Å². The van der Waals surface area contributed by atoms with Gasteiger partial charge in [-0.3, -0.25) is 4.79 Å². The van der Waals surface area contributed by atoms with Crippen molar-refractivity contribution in [3.05, 3.63) is 11.4 Å². The molecule has 0 unspecified atom stereocenters. The van der Waals surface area contributed by atoms with E-state index in [2.05, 4.69) is 14.5 Å². The topological polar surface area (TPSA) is 68.9 Å². The second-order valence-corrected chi connectivity index (χ2v) is 2.10. The van der Waals surface area contributed by atoms with Crippen LogP contribution >= 0.6 is 11.7 Å². The van der Waals surface area contributed by atoms with Gasteiger partial charge in [-0.15, -0.1) is 0 Å². The molecular weight excluding hydrogens is 150 g/mol. The minimum atomic E-state index is 0.250. The van der Waals surface area contributed by atoms with Crippen LogP contribution in [0, 0.1) is 13.8 Å². The molecule has 1 aromatic heterocycles. The first kappa shape index (κ1) is 9.03. The fourth-order valence-corrected chi connectivity index (χ4v) is 0.825. The first-order chi connectivity index (χ1) is 4.72. The van der Waals surface area contributed by atoms with E-state index in [4.69, 9.17) is 4.79 Å². The highest BCUT2D eigenvalue weighted by atomic mass is 32.1. The normalized spacial score (nSPS) is 7.80. The van der Waals surface area contributed by atoms with Gasteiger partial charge in [0.25, 0.3) is 0 Å². The van der Waals surface area contributed by atoms with Crippen molar-refractivity contribution in [3.8, 4) is 0 Å². The first-order valence-electron chi connectivity index (χ1n) is 2.63. The first-order valence-corrected chi connectivity index (χ1v) is 3.36. The zero-order valence-corrected chi connectivity index (χ0v) is 6.68. The third-order valence-electron chi connectivity index (χ3n) is 0.879. The van der Waals surface area contributed by atoms with Gasteiger partial charge < -0.3 is 5.73 Å². The molecular formula is C5H9N3OS. The molecule has 0 aromatic carbocycles. The van der Waals surface area contributed by atoms with Crippen molar-refractivity contribution in [1.29, 1.82) is 0 Å². The SMILES string of the molecule is Cc1nsnc1C.NC=O. The predicted molar refractivity (Wildman–Crippen MR) is 39.6 cm³/mol. The molecule has 0 radical (unpaired) electrons. The van der Waals surface area contributed by atoms with E-state index in [-0.39, 0.29) is 6.41 Å².